The van der Waals surface area contributed by atoms with E-state index in [0.29, 0.717) is 22.5 Å². The molecule has 3 heterocycles. The van der Waals surface area contributed by atoms with Crippen LogP contribution in [0.1, 0.15) is 17.3 Å². The first kappa shape index (κ1) is 31.6. The van der Waals surface area contributed by atoms with Gasteiger partial charge in [-0.15, -0.1) is 0 Å². The summed E-state index contributed by atoms with van der Waals surface area (Å²) >= 11 is 0. The van der Waals surface area contributed by atoms with Crippen molar-refractivity contribution >= 4 is 45.1 Å². The van der Waals surface area contributed by atoms with Crippen molar-refractivity contribution in [2.45, 2.75) is 19.1 Å². The molecule has 0 unspecified atom stereocenters. The number of benzene rings is 2. The number of rotatable bonds is 8. The number of nitrogens with one attached hydrogen (secondary N) is 2. The minimum Gasteiger partial charge on any atom is -0.449 e. The van der Waals surface area contributed by atoms with Gasteiger partial charge in [-0.2, -0.15) is 4.31 Å². The molecule has 2 aromatic carbocycles. The van der Waals surface area contributed by atoms with Crippen LogP contribution in [-0.4, -0.2) is 109 Å². The normalized spacial score (nSPS) is 18.4. The van der Waals surface area contributed by atoms with Crippen molar-refractivity contribution in [1.82, 2.24) is 19.3 Å². The van der Waals surface area contributed by atoms with E-state index >= 15 is 0 Å². The standard InChI is InChI=1S/C28H30N6O10S/c1-17(35)43-22(25(36)29-20-7-3-18(4-8-20)24-30-28(39)44-31-24)23-27(38)34(15-16-42-23)21-9-5-19(6-10-21)26(37)32-11-13-33(14-12-32)45(2,40)41/h3-10,22-23H,11-16H2,1-2H3,(H,29,36)(H,30,31,39)/t22-,23-/m1/s1. The van der Waals surface area contributed by atoms with E-state index in [4.69, 9.17) is 9.47 Å². The zero-order chi connectivity index (χ0) is 32.3. The molecule has 238 valence electrons. The van der Waals surface area contributed by atoms with Gasteiger partial charge in [0.05, 0.1) is 12.9 Å². The minimum absolute atomic E-state index is 0.0390. The van der Waals surface area contributed by atoms with E-state index in [1.165, 1.54) is 21.3 Å². The number of hydrogen-bond donors (Lipinski definition) is 2. The summed E-state index contributed by atoms with van der Waals surface area (Å²) in [5, 5.41) is 6.20. The number of morpholine rings is 1. The number of hydrogen-bond acceptors (Lipinski definition) is 11. The summed E-state index contributed by atoms with van der Waals surface area (Å²) < 4.78 is 40.2. The summed E-state index contributed by atoms with van der Waals surface area (Å²) in [6, 6.07) is 12.5. The lowest BCUT2D eigenvalue weighted by atomic mass is 10.1. The Labute approximate surface area is 256 Å². The number of nitrogens with zero attached hydrogens (tertiary/aromatic N) is 4. The summed E-state index contributed by atoms with van der Waals surface area (Å²) in [4.78, 5) is 68.3. The highest BCUT2D eigenvalue weighted by Gasteiger charge is 2.42. The highest BCUT2D eigenvalue weighted by Crippen LogP contribution is 2.24. The predicted molar refractivity (Wildman–Crippen MR) is 158 cm³/mol. The van der Waals surface area contributed by atoms with Gasteiger partial charge < -0.3 is 24.6 Å². The number of piperazine rings is 1. The smallest absolute Gasteiger partial charge is 0.439 e. The third-order valence-corrected chi connectivity index (χ3v) is 8.54. The molecule has 17 heteroatoms. The molecule has 0 aliphatic carbocycles. The van der Waals surface area contributed by atoms with Crippen LogP contribution < -0.4 is 16.0 Å². The van der Waals surface area contributed by atoms with E-state index in [9.17, 15) is 32.4 Å². The average molecular weight is 643 g/mol. The third kappa shape index (κ3) is 7.27. The molecule has 2 aliphatic heterocycles. The zero-order valence-electron chi connectivity index (χ0n) is 24.3. The first-order valence-corrected chi connectivity index (χ1v) is 15.7. The quantitative estimate of drug-likeness (QED) is 0.315. The van der Waals surface area contributed by atoms with Crippen molar-refractivity contribution in [3.8, 4) is 11.4 Å². The lowest BCUT2D eigenvalue weighted by molar-refractivity contribution is -0.167. The van der Waals surface area contributed by atoms with Gasteiger partial charge >= 0.3 is 11.7 Å². The van der Waals surface area contributed by atoms with Crippen molar-refractivity contribution in [3.63, 3.8) is 0 Å². The van der Waals surface area contributed by atoms with Crippen molar-refractivity contribution in [3.05, 3.63) is 64.6 Å². The van der Waals surface area contributed by atoms with Gasteiger partial charge in [0, 0.05) is 62.1 Å². The maximum Gasteiger partial charge on any atom is 0.439 e. The second-order valence-electron chi connectivity index (χ2n) is 10.3. The summed E-state index contributed by atoms with van der Waals surface area (Å²) in [6.07, 6.45) is -1.93. The van der Waals surface area contributed by atoms with E-state index in [1.807, 2.05) is 0 Å². The average Bonchev–Trinajstić information content (AvgIpc) is 3.46. The second-order valence-corrected chi connectivity index (χ2v) is 12.3. The van der Waals surface area contributed by atoms with Gasteiger partial charge in [0.2, 0.25) is 16.1 Å². The van der Waals surface area contributed by atoms with Crippen LogP contribution in [0.4, 0.5) is 11.4 Å². The van der Waals surface area contributed by atoms with Crippen LogP contribution in [0.2, 0.25) is 0 Å². The van der Waals surface area contributed by atoms with Gasteiger partial charge in [-0.25, -0.2) is 13.2 Å². The van der Waals surface area contributed by atoms with Crippen LogP contribution in [0, 0.1) is 0 Å². The molecule has 2 N–H and O–H groups in total. The monoisotopic (exact) mass is 642 g/mol. The number of H-pyrrole nitrogens is 1. The Kier molecular flexibility index (Phi) is 9.12. The van der Waals surface area contributed by atoms with Crippen LogP contribution in [-0.2, 0) is 33.9 Å². The number of aromatic amines is 1. The number of ether oxygens (including phenoxy) is 2. The largest absolute Gasteiger partial charge is 0.449 e. The fourth-order valence-electron chi connectivity index (χ4n) is 4.98. The van der Waals surface area contributed by atoms with E-state index in [1.54, 1.807) is 41.3 Å². The molecule has 45 heavy (non-hydrogen) atoms. The molecule has 2 atom stereocenters. The molecule has 0 saturated carbocycles. The third-order valence-electron chi connectivity index (χ3n) is 7.24. The molecule has 1 aromatic heterocycles. The Balaban J connectivity index is 1.26. The van der Waals surface area contributed by atoms with Gasteiger partial charge in [0.25, 0.3) is 17.7 Å². The summed E-state index contributed by atoms with van der Waals surface area (Å²) in [5.41, 5.74) is 1.63. The number of sulfonamides is 1. The van der Waals surface area contributed by atoms with Crippen LogP contribution in [0.3, 0.4) is 0 Å². The van der Waals surface area contributed by atoms with Crippen LogP contribution in [0.15, 0.2) is 57.8 Å². The molecule has 3 amide bonds. The second kappa shape index (κ2) is 13.0. The number of esters is 1. The molecule has 0 spiro atoms. The molecular formula is C28H30N6O10S. The van der Waals surface area contributed by atoms with E-state index in [2.05, 4.69) is 20.0 Å². The van der Waals surface area contributed by atoms with E-state index in [0.717, 1.165) is 13.2 Å². The van der Waals surface area contributed by atoms with E-state index < -0.39 is 45.8 Å². The maximum atomic E-state index is 13.5. The predicted octanol–water partition coefficient (Wildman–Crippen LogP) is 0.0495. The Morgan fingerprint density at radius 1 is 1.00 bits per heavy atom. The van der Waals surface area contributed by atoms with Crippen LogP contribution in [0.5, 0.6) is 0 Å². The first-order chi connectivity index (χ1) is 21.4. The Morgan fingerprint density at radius 3 is 2.24 bits per heavy atom. The van der Waals surface area contributed by atoms with Gasteiger partial charge in [-0.1, -0.05) is 5.16 Å². The van der Waals surface area contributed by atoms with Crippen molar-refractivity contribution in [2.24, 2.45) is 0 Å². The minimum atomic E-state index is -3.33. The molecule has 0 bridgehead atoms. The zero-order valence-corrected chi connectivity index (χ0v) is 25.1. The number of amides is 3. The Bertz CT molecular complexity index is 1740. The van der Waals surface area contributed by atoms with E-state index in [-0.39, 0.29) is 51.1 Å². The number of carbonyl (C=O) groups is 4. The molecule has 2 aliphatic rings. The number of anilines is 2. The summed E-state index contributed by atoms with van der Waals surface area (Å²) in [6.45, 7) is 2.22. The first-order valence-electron chi connectivity index (χ1n) is 13.8. The van der Waals surface area contributed by atoms with Gasteiger partial charge in [-0.05, 0) is 48.5 Å². The fraction of sp³-hybridized carbons (Fsp3) is 0.357. The fourth-order valence-corrected chi connectivity index (χ4v) is 5.81. The molecule has 2 fully saturated rings. The molecular weight excluding hydrogens is 612 g/mol. The highest BCUT2D eigenvalue weighted by molar-refractivity contribution is 7.88. The van der Waals surface area contributed by atoms with Gasteiger partial charge in [0.15, 0.2) is 11.9 Å². The maximum absolute atomic E-state index is 13.5. The molecule has 16 nitrogen and oxygen atoms in total. The summed E-state index contributed by atoms with van der Waals surface area (Å²) in [5.74, 6) is -3.01. The highest BCUT2D eigenvalue weighted by atomic mass is 32.2. The van der Waals surface area contributed by atoms with Gasteiger partial charge in [-0.3, -0.25) is 28.7 Å². The lowest BCUT2D eigenvalue weighted by Crippen LogP contribution is -2.56. The number of aromatic nitrogens is 2. The molecule has 5 rings (SSSR count). The van der Waals surface area contributed by atoms with Crippen molar-refractivity contribution < 1.29 is 41.6 Å². The topological polar surface area (TPSA) is 202 Å². The molecule has 0 radical (unpaired) electrons. The van der Waals surface area contributed by atoms with Crippen molar-refractivity contribution in [2.75, 3.05) is 55.8 Å². The van der Waals surface area contributed by atoms with Gasteiger partial charge in [0.1, 0.15) is 0 Å². The lowest BCUT2D eigenvalue weighted by Gasteiger charge is -2.35. The Morgan fingerprint density at radius 2 is 1.67 bits per heavy atom. The molecule has 2 saturated heterocycles. The van der Waals surface area contributed by atoms with Crippen LogP contribution >= 0.6 is 0 Å². The van der Waals surface area contributed by atoms with Crippen LogP contribution in [0.25, 0.3) is 11.4 Å². The SMILES string of the molecule is CC(=O)O[C@@H](C(=O)Nc1ccc(-c2noc(=O)[nH]2)cc1)[C@H]1OCCN(c2ccc(C(=O)N3CCN(S(C)(=O)=O)CC3)cc2)C1=O. The molecule has 3 aromatic rings. The van der Waals surface area contributed by atoms with Crippen molar-refractivity contribution in [1.29, 1.82) is 0 Å². The summed E-state index contributed by atoms with van der Waals surface area (Å²) in [7, 11) is -3.33. The Hall–Kier alpha value is -4.87. The number of carbonyl (C=O) groups excluding carboxylic acids is 4.